The Morgan fingerprint density at radius 3 is 3.18 bits per heavy atom. The number of rotatable bonds is 3. The van der Waals surface area contributed by atoms with Crippen molar-refractivity contribution >= 4 is 6.08 Å². The van der Waals surface area contributed by atoms with E-state index in [9.17, 15) is 0 Å². The van der Waals surface area contributed by atoms with Crippen LogP contribution in [0.2, 0.25) is 0 Å². The maximum atomic E-state index is 5.32. The Kier molecular flexibility index (Phi) is 2.86. The molecule has 0 amide bonds. The molecule has 0 saturated carbocycles. The minimum absolute atomic E-state index is 0.578. The average Bonchev–Trinajstić information content (AvgIpc) is 2.47. The molecule has 0 saturated heterocycles. The topological polar surface area (TPSA) is 43.8 Å². The molecule has 0 aliphatic heterocycles. The fourth-order valence-corrected chi connectivity index (χ4v) is 0.937. The molecule has 0 atom stereocenters. The van der Waals surface area contributed by atoms with Crippen molar-refractivity contribution < 1.29 is 0 Å². The first kappa shape index (κ1) is 8.01. The van der Waals surface area contributed by atoms with Gasteiger partial charge in [0.15, 0.2) is 0 Å². The summed E-state index contributed by atoms with van der Waals surface area (Å²) in [6, 6.07) is 1.97. The van der Waals surface area contributed by atoms with E-state index in [-0.39, 0.29) is 0 Å². The van der Waals surface area contributed by atoms with Gasteiger partial charge in [-0.3, -0.25) is 4.68 Å². The summed E-state index contributed by atoms with van der Waals surface area (Å²) < 4.78 is 1.92. The molecule has 3 nitrogen and oxygen atoms in total. The van der Waals surface area contributed by atoms with Gasteiger partial charge in [0.05, 0.1) is 5.69 Å². The minimum atomic E-state index is 0.578. The third-order valence-corrected chi connectivity index (χ3v) is 1.47. The van der Waals surface area contributed by atoms with Crippen molar-refractivity contribution in [3.63, 3.8) is 0 Å². The minimum Gasteiger partial charge on any atom is -0.327 e. The lowest BCUT2D eigenvalue weighted by atomic mass is 10.4. The second-order valence-corrected chi connectivity index (χ2v) is 2.21. The van der Waals surface area contributed by atoms with Crippen molar-refractivity contribution in [2.45, 2.75) is 13.5 Å². The van der Waals surface area contributed by atoms with Gasteiger partial charge >= 0.3 is 0 Å². The summed E-state index contributed by atoms with van der Waals surface area (Å²) in [5.41, 5.74) is 6.43. The van der Waals surface area contributed by atoms with Crippen LogP contribution >= 0.6 is 0 Å². The Bertz CT molecular complexity index is 237. The molecular weight excluding hydrogens is 138 g/mol. The van der Waals surface area contributed by atoms with E-state index in [2.05, 4.69) is 12.0 Å². The maximum absolute atomic E-state index is 5.32. The van der Waals surface area contributed by atoms with Gasteiger partial charge in [-0.1, -0.05) is 6.08 Å². The van der Waals surface area contributed by atoms with Crippen LogP contribution in [0.1, 0.15) is 12.6 Å². The van der Waals surface area contributed by atoms with Crippen LogP contribution < -0.4 is 5.73 Å². The largest absolute Gasteiger partial charge is 0.327 e. The smallest absolute Gasteiger partial charge is 0.0607 e. The van der Waals surface area contributed by atoms with Crippen LogP contribution in [0.25, 0.3) is 6.08 Å². The molecule has 1 aromatic rings. The van der Waals surface area contributed by atoms with Crippen LogP contribution in [0.5, 0.6) is 0 Å². The van der Waals surface area contributed by atoms with E-state index < -0.39 is 0 Å². The van der Waals surface area contributed by atoms with Crippen LogP contribution in [0.15, 0.2) is 18.3 Å². The fraction of sp³-hybridized carbons (Fsp3) is 0.375. The molecule has 0 spiro atoms. The van der Waals surface area contributed by atoms with Gasteiger partial charge in [0, 0.05) is 19.3 Å². The van der Waals surface area contributed by atoms with E-state index in [1.165, 1.54) is 0 Å². The van der Waals surface area contributed by atoms with Crippen LogP contribution in [-0.2, 0) is 6.54 Å². The summed E-state index contributed by atoms with van der Waals surface area (Å²) in [5.74, 6) is 0. The van der Waals surface area contributed by atoms with Crippen molar-refractivity contribution in [1.82, 2.24) is 9.78 Å². The van der Waals surface area contributed by atoms with Crippen molar-refractivity contribution in [1.29, 1.82) is 0 Å². The molecule has 1 heterocycles. The lowest BCUT2D eigenvalue weighted by Gasteiger charge is -1.97. The second kappa shape index (κ2) is 3.93. The summed E-state index contributed by atoms with van der Waals surface area (Å²) >= 11 is 0. The SMILES string of the molecule is CCn1nccc1/C=C/CN. The van der Waals surface area contributed by atoms with E-state index in [4.69, 9.17) is 5.73 Å². The molecule has 0 aromatic carbocycles. The monoisotopic (exact) mass is 151 g/mol. The van der Waals surface area contributed by atoms with Crippen LogP contribution in [0.3, 0.4) is 0 Å². The summed E-state index contributed by atoms with van der Waals surface area (Å²) in [6.45, 7) is 3.54. The first-order chi connectivity index (χ1) is 5.38. The lowest BCUT2D eigenvalue weighted by molar-refractivity contribution is 0.654. The summed E-state index contributed by atoms with van der Waals surface area (Å²) in [7, 11) is 0. The number of aryl methyl sites for hydroxylation is 1. The standard InChI is InChI=1S/C8H13N3/c1-2-11-8(4-3-6-9)5-7-10-11/h3-5,7H,2,6,9H2,1H3/b4-3+. The van der Waals surface area contributed by atoms with Crippen molar-refractivity contribution in [2.75, 3.05) is 6.54 Å². The third-order valence-electron chi connectivity index (χ3n) is 1.47. The molecule has 60 valence electrons. The van der Waals surface area contributed by atoms with Crippen molar-refractivity contribution in [3.05, 3.63) is 24.0 Å². The van der Waals surface area contributed by atoms with Crippen LogP contribution in [0.4, 0.5) is 0 Å². The zero-order valence-corrected chi connectivity index (χ0v) is 6.70. The van der Waals surface area contributed by atoms with E-state index in [0.29, 0.717) is 6.54 Å². The van der Waals surface area contributed by atoms with Crippen molar-refractivity contribution in [2.24, 2.45) is 5.73 Å². The molecule has 0 aliphatic rings. The van der Waals surface area contributed by atoms with E-state index >= 15 is 0 Å². The quantitative estimate of drug-likeness (QED) is 0.696. The van der Waals surface area contributed by atoms with E-state index in [1.807, 2.05) is 22.9 Å². The Balaban J connectivity index is 2.76. The number of nitrogens with zero attached hydrogens (tertiary/aromatic N) is 2. The highest BCUT2D eigenvalue weighted by atomic mass is 15.3. The lowest BCUT2D eigenvalue weighted by Crippen LogP contribution is -1.99. The zero-order valence-electron chi connectivity index (χ0n) is 6.70. The Labute approximate surface area is 66.5 Å². The average molecular weight is 151 g/mol. The molecule has 0 radical (unpaired) electrons. The van der Waals surface area contributed by atoms with Crippen LogP contribution in [-0.4, -0.2) is 16.3 Å². The predicted octanol–water partition coefficient (Wildman–Crippen LogP) is 0.875. The summed E-state index contributed by atoms with van der Waals surface area (Å²) in [5, 5.41) is 4.11. The molecule has 11 heavy (non-hydrogen) atoms. The first-order valence-corrected chi connectivity index (χ1v) is 3.77. The molecular formula is C8H13N3. The third kappa shape index (κ3) is 1.91. The molecule has 2 N–H and O–H groups in total. The normalized spacial score (nSPS) is 11.1. The molecule has 0 unspecified atom stereocenters. The van der Waals surface area contributed by atoms with Gasteiger partial charge in [-0.25, -0.2) is 0 Å². The molecule has 0 bridgehead atoms. The van der Waals surface area contributed by atoms with Gasteiger partial charge in [-0.05, 0) is 19.1 Å². The highest BCUT2D eigenvalue weighted by Crippen LogP contribution is 2.00. The van der Waals surface area contributed by atoms with Gasteiger partial charge in [0.1, 0.15) is 0 Å². The number of aromatic nitrogens is 2. The maximum Gasteiger partial charge on any atom is 0.0607 e. The molecule has 3 heteroatoms. The Morgan fingerprint density at radius 2 is 2.55 bits per heavy atom. The molecule has 1 rings (SSSR count). The second-order valence-electron chi connectivity index (χ2n) is 2.21. The van der Waals surface area contributed by atoms with Gasteiger partial charge in [-0.15, -0.1) is 0 Å². The number of hydrogen-bond donors (Lipinski definition) is 1. The molecule has 0 aliphatic carbocycles. The molecule has 1 aromatic heterocycles. The number of nitrogens with two attached hydrogens (primary N) is 1. The van der Waals surface area contributed by atoms with Gasteiger partial charge < -0.3 is 5.73 Å². The number of hydrogen-bond acceptors (Lipinski definition) is 2. The van der Waals surface area contributed by atoms with Gasteiger partial charge in [0.25, 0.3) is 0 Å². The summed E-state index contributed by atoms with van der Waals surface area (Å²) in [4.78, 5) is 0. The van der Waals surface area contributed by atoms with E-state index in [1.54, 1.807) is 6.20 Å². The summed E-state index contributed by atoms with van der Waals surface area (Å²) in [6.07, 6.45) is 5.69. The highest BCUT2D eigenvalue weighted by molar-refractivity contribution is 5.44. The van der Waals surface area contributed by atoms with Crippen LogP contribution in [0, 0.1) is 0 Å². The fourth-order valence-electron chi connectivity index (χ4n) is 0.937. The van der Waals surface area contributed by atoms with Gasteiger partial charge in [-0.2, -0.15) is 5.10 Å². The first-order valence-electron chi connectivity index (χ1n) is 3.77. The Morgan fingerprint density at radius 1 is 1.73 bits per heavy atom. The Hall–Kier alpha value is -1.09. The predicted molar refractivity (Wildman–Crippen MR) is 46.0 cm³/mol. The highest BCUT2D eigenvalue weighted by Gasteiger charge is 1.92. The van der Waals surface area contributed by atoms with Crippen molar-refractivity contribution in [3.8, 4) is 0 Å². The van der Waals surface area contributed by atoms with E-state index in [0.717, 1.165) is 12.2 Å². The van der Waals surface area contributed by atoms with Gasteiger partial charge in [0.2, 0.25) is 0 Å². The molecule has 0 fully saturated rings. The zero-order chi connectivity index (χ0) is 8.10.